The van der Waals surface area contributed by atoms with E-state index in [0.717, 1.165) is 29.6 Å². The van der Waals surface area contributed by atoms with Crippen molar-refractivity contribution in [2.24, 2.45) is 0 Å². The van der Waals surface area contributed by atoms with Gasteiger partial charge >= 0.3 is 0 Å². The van der Waals surface area contributed by atoms with Crippen molar-refractivity contribution >= 4 is 39.3 Å². The zero-order chi connectivity index (χ0) is 19.5. The Morgan fingerprint density at radius 3 is 2.21 bits per heavy atom. The minimum atomic E-state index is 0.129. The van der Waals surface area contributed by atoms with Gasteiger partial charge in [-0.2, -0.15) is 0 Å². The van der Waals surface area contributed by atoms with Crippen LogP contribution < -0.4 is 0 Å². The molecule has 0 bridgehead atoms. The van der Waals surface area contributed by atoms with Crippen LogP contribution in [0.2, 0.25) is 0 Å². The molecule has 2 nitrogen and oxygen atoms in total. The van der Waals surface area contributed by atoms with Gasteiger partial charge in [-0.1, -0.05) is 60.7 Å². The highest BCUT2D eigenvalue weighted by atomic mass is 127. The number of Topliss-reactive ketones (excluding diaryl/α,β-unsaturated/α-hetero) is 1. The number of carbonyl (C=O) groups excluding carboxylic acids is 1. The van der Waals surface area contributed by atoms with E-state index in [1.807, 2.05) is 18.2 Å². The maximum atomic E-state index is 12.7. The maximum absolute atomic E-state index is 12.7. The van der Waals surface area contributed by atoms with Gasteiger partial charge in [0.05, 0.1) is 5.69 Å². The standard InChI is InChI=1S/C25H22INO/c1-18(28)25-23(16-13-19-11-14-21(26)15-12-19)22-9-5-6-10-24(22)27(25)17-20-7-3-2-4-8-20/h2-12,14-15H,13,16-17H2,1H3. The van der Waals surface area contributed by atoms with Crippen LogP contribution >= 0.6 is 22.6 Å². The predicted molar refractivity (Wildman–Crippen MR) is 124 cm³/mol. The molecule has 28 heavy (non-hydrogen) atoms. The number of para-hydroxylation sites is 1. The third kappa shape index (κ3) is 3.90. The lowest BCUT2D eigenvalue weighted by Gasteiger charge is -2.10. The molecule has 1 heterocycles. The fraction of sp³-hybridized carbons (Fsp3) is 0.160. The summed E-state index contributed by atoms with van der Waals surface area (Å²) in [6, 6.07) is 27.4. The lowest BCUT2D eigenvalue weighted by Crippen LogP contribution is -2.10. The van der Waals surface area contributed by atoms with Crippen molar-refractivity contribution in [2.75, 3.05) is 0 Å². The fourth-order valence-electron chi connectivity index (χ4n) is 3.88. The molecule has 0 spiro atoms. The summed E-state index contributed by atoms with van der Waals surface area (Å²) in [5.74, 6) is 0.129. The van der Waals surface area contributed by atoms with Crippen molar-refractivity contribution in [1.29, 1.82) is 0 Å². The van der Waals surface area contributed by atoms with E-state index in [0.29, 0.717) is 6.54 Å². The summed E-state index contributed by atoms with van der Waals surface area (Å²) in [5.41, 5.74) is 5.65. The van der Waals surface area contributed by atoms with Crippen molar-refractivity contribution in [1.82, 2.24) is 4.57 Å². The first-order valence-corrected chi connectivity index (χ1v) is 10.6. The number of fused-ring (bicyclic) bond motifs is 1. The van der Waals surface area contributed by atoms with E-state index in [1.165, 1.54) is 20.1 Å². The van der Waals surface area contributed by atoms with Crippen LogP contribution in [0.15, 0.2) is 78.9 Å². The predicted octanol–water partition coefficient (Wildman–Crippen LogP) is 6.28. The normalized spacial score (nSPS) is 11.1. The second-order valence-electron chi connectivity index (χ2n) is 7.10. The van der Waals surface area contributed by atoms with Crippen molar-refractivity contribution < 1.29 is 4.79 Å². The van der Waals surface area contributed by atoms with Gasteiger partial charge in [0, 0.05) is 27.9 Å². The molecule has 0 aliphatic carbocycles. The van der Waals surface area contributed by atoms with Gasteiger partial charge in [-0.3, -0.25) is 4.79 Å². The third-order valence-corrected chi connectivity index (χ3v) is 5.89. The SMILES string of the molecule is CC(=O)c1c(CCc2ccc(I)cc2)c2ccccc2n1Cc1ccccc1. The van der Waals surface area contributed by atoms with Crippen LogP contribution in [0.3, 0.4) is 0 Å². The first-order valence-electron chi connectivity index (χ1n) is 9.53. The lowest BCUT2D eigenvalue weighted by atomic mass is 10.0. The molecule has 0 saturated heterocycles. The molecular weight excluding hydrogens is 457 g/mol. The number of aryl methyl sites for hydroxylation is 2. The van der Waals surface area contributed by atoms with Crippen molar-refractivity contribution in [2.45, 2.75) is 26.3 Å². The highest BCUT2D eigenvalue weighted by Gasteiger charge is 2.20. The van der Waals surface area contributed by atoms with Crippen molar-refractivity contribution in [3.63, 3.8) is 0 Å². The molecule has 0 aliphatic heterocycles. The van der Waals surface area contributed by atoms with Crippen LogP contribution in [-0.2, 0) is 19.4 Å². The lowest BCUT2D eigenvalue weighted by molar-refractivity contribution is 0.100. The number of nitrogens with zero attached hydrogens (tertiary/aromatic N) is 1. The maximum Gasteiger partial charge on any atom is 0.176 e. The summed E-state index contributed by atoms with van der Waals surface area (Å²) in [4.78, 5) is 12.7. The number of carbonyl (C=O) groups is 1. The first-order chi connectivity index (χ1) is 13.6. The quantitative estimate of drug-likeness (QED) is 0.236. The first kappa shape index (κ1) is 18.9. The van der Waals surface area contributed by atoms with E-state index >= 15 is 0 Å². The summed E-state index contributed by atoms with van der Waals surface area (Å²) in [6.07, 6.45) is 1.79. The zero-order valence-electron chi connectivity index (χ0n) is 15.9. The van der Waals surface area contributed by atoms with E-state index in [1.54, 1.807) is 6.92 Å². The van der Waals surface area contributed by atoms with Crippen LogP contribution in [0.1, 0.15) is 34.1 Å². The molecule has 3 aromatic carbocycles. The molecule has 4 rings (SSSR count). The Labute approximate surface area is 179 Å². The number of hydrogen-bond donors (Lipinski definition) is 0. The monoisotopic (exact) mass is 479 g/mol. The van der Waals surface area contributed by atoms with Crippen LogP contribution in [0.5, 0.6) is 0 Å². The number of halogens is 1. The number of benzene rings is 3. The van der Waals surface area contributed by atoms with E-state index in [9.17, 15) is 4.79 Å². The Bertz CT molecular complexity index is 1110. The molecular formula is C25H22INO. The molecule has 0 atom stereocenters. The topological polar surface area (TPSA) is 22.0 Å². The van der Waals surface area contributed by atoms with Gasteiger partial charge in [-0.15, -0.1) is 0 Å². The summed E-state index contributed by atoms with van der Waals surface area (Å²) >= 11 is 2.33. The van der Waals surface area contributed by atoms with Gasteiger partial charge < -0.3 is 4.57 Å². The Kier molecular flexibility index (Phi) is 5.62. The van der Waals surface area contributed by atoms with E-state index in [2.05, 4.69) is 87.8 Å². The molecule has 0 N–H and O–H groups in total. The Morgan fingerprint density at radius 1 is 0.821 bits per heavy atom. The smallest absolute Gasteiger partial charge is 0.176 e. The minimum Gasteiger partial charge on any atom is -0.333 e. The molecule has 140 valence electrons. The largest absolute Gasteiger partial charge is 0.333 e. The molecule has 0 unspecified atom stereocenters. The van der Waals surface area contributed by atoms with E-state index < -0.39 is 0 Å². The number of ketones is 1. The fourth-order valence-corrected chi connectivity index (χ4v) is 4.24. The second-order valence-corrected chi connectivity index (χ2v) is 8.34. The van der Waals surface area contributed by atoms with Gasteiger partial charge in [0.25, 0.3) is 0 Å². The van der Waals surface area contributed by atoms with Gasteiger partial charge in [0.1, 0.15) is 0 Å². The van der Waals surface area contributed by atoms with Crippen LogP contribution in [0.4, 0.5) is 0 Å². The number of rotatable bonds is 6. The highest BCUT2D eigenvalue weighted by molar-refractivity contribution is 14.1. The van der Waals surface area contributed by atoms with E-state index in [-0.39, 0.29) is 5.78 Å². The summed E-state index contributed by atoms with van der Waals surface area (Å²) in [6.45, 7) is 2.39. The highest BCUT2D eigenvalue weighted by Crippen LogP contribution is 2.29. The third-order valence-electron chi connectivity index (χ3n) is 5.17. The zero-order valence-corrected chi connectivity index (χ0v) is 18.0. The second kappa shape index (κ2) is 8.31. The molecule has 0 fully saturated rings. The Hall–Kier alpha value is -2.40. The summed E-state index contributed by atoms with van der Waals surface area (Å²) < 4.78 is 3.43. The number of hydrogen-bond acceptors (Lipinski definition) is 1. The van der Waals surface area contributed by atoms with Crippen molar-refractivity contribution in [3.05, 3.63) is 105 Å². The molecule has 1 aromatic heterocycles. The van der Waals surface area contributed by atoms with Gasteiger partial charge in [0.2, 0.25) is 0 Å². The molecule has 3 heteroatoms. The Morgan fingerprint density at radius 2 is 1.50 bits per heavy atom. The Balaban J connectivity index is 1.77. The molecule has 4 aromatic rings. The molecule has 0 aliphatic rings. The van der Waals surface area contributed by atoms with Gasteiger partial charge in [0.15, 0.2) is 5.78 Å². The average Bonchev–Trinajstić information content (AvgIpc) is 3.02. The average molecular weight is 479 g/mol. The number of aromatic nitrogens is 1. The van der Waals surface area contributed by atoms with Gasteiger partial charge in [-0.05, 0) is 70.3 Å². The van der Waals surface area contributed by atoms with Crippen LogP contribution in [0, 0.1) is 3.57 Å². The van der Waals surface area contributed by atoms with E-state index in [4.69, 9.17) is 0 Å². The summed E-state index contributed by atoms with van der Waals surface area (Å²) in [7, 11) is 0. The van der Waals surface area contributed by atoms with Crippen LogP contribution in [-0.4, -0.2) is 10.4 Å². The van der Waals surface area contributed by atoms with Crippen LogP contribution in [0.25, 0.3) is 10.9 Å². The minimum absolute atomic E-state index is 0.129. The summed E-state index contributed by atoms with van der Waals surface area (Å²) in [5, 5.41) is 1.19. The van der Waals surface area contributed by atoms with Crippen molar-refractivity contribution in [3.8, 4) is 0 Å². The van der Waals surface area contributed by atoms with Gasteiger partial charge in [-0.25, -0.2) is 0 Å². The molecule has 0 saturated carbocycles. The molecule has 0 radical (unpaired) electrons. The molecule has 0 amide bonds.